The summed E-state index contributed by atoms with van der Waals surface area (Å²) in [6.07, 6.45) is 1.23. The summed E-state index contributed by atoms with van der Waals surface area (Å²) in [4.78, 5) is 28.9. The Hall–Kier alpha value is -2.17. The Morgan fingerprint density at radius 2 is 1.61 bits per heavy atom. The molecule has 0 spiro atoms. The number of urea groups is 1. The van der Waals surface area contributed by atoms with Crippen LogP contribution in [0.4, 0.5) is 10.5 Å². The van der Waals surface area contributed by atoms with Gasteiger partial charge in [0, 0.05) is 50.9 Å². The van der Waals surface area contributed by atoms with Crippen molar-refractivity contribution in [3.63, 3.8) is 0 Å². The monoisotopic (exact) mass is 452 g/mol. The molecule has 0 unspecified atom stereocenters. The lowest BCUT2D eigenvalue weighted by Gasteiger charge is -2.34. The van der Waals surface area contributed by atoms with E-state index in [2.05, 4.69) is 5.32 Å². The van der Waals surface area contributed by atoms with E-state index in [0.29, 0.717) is 71.0 Å². The number of sulfonamides is 1. The minimum atomic E-state index is -3.55. The molecule has 0 bridgehead atoms. The van der Waals surface area contributed by atoms with Crippen molar-refractivity contribution < 1.29 is 22.7 Å². The Balaban J connectivity index is 1.54. The molecule has 2 aliphatic rings. The van der Waals surface area contributed by atoms with Crippen molar-refractivity contribution in [1.29, 1.82) is 0 Å². The number of ether oxygens (including phenoxy) is 1. The van der Waals surface area contributed by atoms with Gasteiger partial charge in [0.05, 0.1) is 18.1 Å². The number of hydrogen-bond donors (Lipinski definition) is 1. The average Bonchev–Trinajstić information content (AvgIpc) is 2.81. The number of carbonyl (C=O) groups is 2. The van der Waals surface area contributed by atoms with Crippen LogP contribution in [0.1, 0.15) is 26.7 Å². The number of piperidine rings is 1. The average molecular weight is 453 g/mol. The predicted molar refractivity (Wildman–Crippen MR) is 117 cm³/mol. The Morgan fingerprint density at radius 1 is 1.03 bits per heavy atom. The number of nitrogens with zero attached hydrogens (tertiary/aromatic N) is 3. The van der Waals surface area contributed by atoms with Gasteiger partial charge in [0.1, 0.15) is 0 Å². The van der Waals surface area contributed by atoms with Crippen molar-refractivity contribution >= 4 is 27.6 Å². The second kappa shape index (κ2) is 10.4. The van der Waals surface area contributed by atoms with E-state index in [9.17, 15) is 18.0 Å². The molecule has 1 aromatic carbocycles. The molecule has 3 amide bonds. The number of carbonyl (C=O) groups excluding carboxylic acids is 2. The lowest BCUT2D eigenvalue weighted by molar-refractivity contribution is -0.121. The van der Waals surface area contributed by atoms with Crippen LogP contribution < -0.4 is 5.32 Å². The van der Waals surface area contributed by atoms with E-state index in [1.165, 1.54) is 16.4 Å². The Kier molecular flexibility index (Phi) is 7.90. The third-order valence-electron chi connectivity index (χ3n) is 5.90. The highest BCUT2D eigenvalue weighted by atomic mass is 32.2. The molecule has 31 heavy (non-hydrogen) atoms. The van der Waals surface area contributed by atoms with Gasteiger partial charge in [0.25, 0.3) is 0 Å². The molecule has 0 radical (unpaired) electrons. The van der Waals surface area contributed by atoms with Gasteiger partial charge in [-0.3, -0.25) is 4.79 Å². The van der Waals surface area contributed by atoms with Crippen LogP contribution in [-0.2, 0) is 19.6 Å². The van der Waals surface area contributed by atoms with Crippen LogP contribution in [0, 0.1) is 5.92 Å². The molecule has 0 atom stereocenters. The molecule has 0 aromatic heterocycles. The van der Waals surface area contributed by atoms with Crippen LogP contribution in [0.25, 0.3) is 0 Å². The summed E-state index contributed by atoms with van der Waals surface area (Å²) in [7, 11) is -3.55. The minimum absolute atomic E-state index is 0.0286. The Labute approximate surface area is 184 Å². The first-order chi connectivity index (χ1) is 14.9. The first-order valence-electron chi connectivity index (χ1n) is 10.9. The van der Waals surface area contributed by atoms with E-state index in [1.807, 2.05) is 18.7 Å². The van der Waals surface area contributed by atoms with Crippen LogP contribution in [0.5, 0.6) is 0 Å². The van der Waals surface area contributed by atoms with Gasteiger partial charge in [0.2, 0.25) is 15.9 Å². The van der Waals surface area contributed by atoms with Crippen LogP contribution in [0.3, 0.4) is 0 Å². The number of nitrogens with one attached hydrogen (secondary N) is 1. The molecule has 2 fully saturated rings. The van der Waals surface area contributed by atoms with Crippen molar-refractivity contribution in [2.75, 3.05) is 57.8 Å². The molecule has 0 saturated carbocycles. The molecule has 2 saturated heterocycles. The highest BCUT2D eigenvalue weighted by Gasteiger charge is 2.29. The molecule has 2 heterocycles. The normalized spacial score (nSPS) is 18.6. The predicted octanol–water partition coefficient (Wildman–Crippen LogP) is 1.82. The van der Waals surface area contributed by atoms with Gasteiger partial charge in [-0.25, -0.2) is 13.2 Å². The minimum Gasteiger partial charge on any atom is -0.379 e. The number of morpholine rings is 1. The van der Waals surface area contributed by atoms with Gasteiger partial charge >= 0.3 is 6.03 Å². The van der Waals surface area contributed by atoms with E-state index in [0.717, 1.165) is 0 Å². The van der Waals surface area contributed by atoms with Crippen molar-refractivity contribution in [2.45, 2.75) is 31.6 Å². The maximum absolute atomic E-state index is 12.7. The summed E-state index contributed by atoms with van der Waals surface area (Å²) in [6, 6.07) is 6.30. The summed E-state index contributed by atoms with van der Waals surface area (Å²) in [6.45, 7) is 7.86. The van der Waals surface area contributed by atoms with Crippen molar-refractivity contribution in [3.05, 3.63) is 24.3 Å². The van der Waals surface area contributed by atoms with E-state index >= 15 is 0 Å². The summed E-state index contributed by atoms with van der Waals surface area (Å²) in [5.41, 5.74) is 0.563. The number of amides is 3. The second-order valence-electron chi connectivity index (χ2n) is 7.75. The van der Waals surface area contributed by atoms with Gasteiger partial charge < -0.3 is 19.9 Å². The molecule has 9 nitrogen and oxygen atoms in total. The number of likely N-dealkylation sites (tertiary alicyclic amines) is 1. The number of rotatable bonds is 6. The molecular weight excluding hydrogens is 420 g/mol. The molecule has 172 valence electrons. The maximum Gasteiger partial charge on any atom is 0.319 e. The molecular formula is C21H32N4O5S. The van der Waals surface area contributed by atoms with E-state index in [-0.39, 0.29) is 22.8 Å². The van der Waals surface area contributed by atoms with E-state index in [4.69, 9.17) is 4.74 Å². The van der Waals surface area contributed by atoms with E-state index in [1.54, 1.807) is 17.0 Å². The van der Waals surface area contributed by atoms with Gasteiger partial charge in [0.15, 0.2) is 0 Å². The second-order valence-corrected chi connectivity index (χ2v) is 9.68. The smallest absolute Gasteiger partial charge is 0.319 e. The zero-order chi connectivity index (χ0) is 22.4. The fourth-order valence-electron chi connectivity index (χ4n) is 3.92. The van der Waals surface area contributed by atoms with Gasteiger partial charge in [-0.15, -0.1) is 0 Å². The molecule has 3 rings (SSSR count). The van der Waals surface area contributed by atoms with Crippen molar-refractivity contribution in [1.82, 2.24) is 14.1 Å². The van der Waals surface area contributed by atoms with Crippen LogP contribution in [0.15, 0.2) is 29.2 Å². The highest BCUT2D eigenvalue weighted by Crippen LogP contribution is 2.23. The number of benzene rings is 1. The van der Waals surface area contributed by atoms with Gasteiger partial charge in [-0.2, -0.15) is 4.31 Å². The quantitative estimate of drug-likeness (QED) is 0.710. The Morgan fingerprint density at radius 3 is 2.16 bits per heavy atom. The van der Waals surface area contributed by atoms with Crippen molar-refractivity contribution in [2.24, 2.45) is 5.92 Å². The molecule has 1 aromatic rings. The van der Waals surface area contributed by atoms with Crippen molar-refractivity contribution in [3.8, 4) is 0 Å². The maximum atomic E-state index is 12.7. The molecule has 2 aliphatic heterocycles. The SMILES string of the molecule is CCN(CC)C(=O)N1CCC(C(=O)Nc2ccc(S(=O)(=O)N3CCOCC3)cc2)CC1. The summed E-state index contributed by atoms with van der Waals surface area (Å²) in [5, 5.41) is 2.88. The zero-order valence-electron chi connectivity index (χ0n) is 18.2. The van der Waals surface area contributed by atoms with Gasteiger partial charge in [-0.1, -0.05) is 0 Å². The third kappa shape index (κ3) is 5.55. The van der Waals surface area contributed by atoms with Gasteiger partial charge in [-0.05, 0) is 51.0 Å². The fraction of sp³-hybridized carbons (Fsp3) is 0.619. The summed E-state index contributed by atoms with van der Waals surface area (Å²) in [5.74, 6) is -0.267. The molecule has 10 heteroatoms. The fourth-order valence-corrected chi connectivity index (χ4v) is 5.33. The first kappa shape index (κ1) is 23.5. The van der Waals surface area contributed by atoms with Crippen LogP contribution >= 0.6 is 0 Å². The zero-order valence-corrected chi connectivity index (χ0v) is 19.1. The third-order valence-corrected chi connectivity index (χ3v) is 7.81. The summed E-state index contributed by atoms with van der Waals surface area (Å²) >= 11 is 0. The van der Waals surface area contributed by atoms with Crippen LogP contribution in [0.2, 0.25) is 0 Å². The molecule has 1 N–H and O–H groups in total. The highest BCUT2D eigenvalue weighted by molar-refractivity contribution is 7.89. The molecule has 0 aliphatic carbocycles. The number of anilines is 1. The van der Waals surface area contributed by atoms with Crippen LogP contribution in [-0.4, -0.2) is 86.9 Å². The lowest BCUT2D eigenvalue weighted by Crippen LogP contribution is -2.47. The topological polar surface area (TPSA) is 99.3 Å². The standard InChI is InChI=1S/C21H32N4O5S/c1-3-23(4-2)21(27)24-11-9-17(10-12-24)20(26)22-18-5-7-19(8-6-18)31(28,29)25-13-15-30-16-14-25/h5-8,17H,3-4,9-16H2,1-2H3,(H,22,26). The largest absolute Gasteiger partial charge is 0.379 e. The lowest BCUT2D eigenvalue weighted by atomic mass is 9.96. The summed E-state index contributed by atoms with van der Waals surface area (Å²) < 4.78 is 32.0. The first-order valence-corrected chi connectivity index (χ1v) is 12.3. The number of hydrogen-bond acceptors (Lipinski definition) is 5. The van der Waals surface area contributed by atoms with E-state index < -0.39 is 10.0 Å². The Bertz CT molecular complexity index is 856.